The molecule has 0 saturated heterocycles. The van der Waals surface area contributed by atoms with E-state index in [4.69, 9.17) is 11.6 Å². The zero-order valence-corrected chi connectivity index (χ0v) is 23.2. The Labute approximate surface area is 232 Å². The first-order valence-corrected chi connectivity index (χ1v) is 15.4. The molecule has 0 N–H and O–H groups in total. The molecule has 1 aromatic heterocycles. The van der Waals surface area contributed by atoms with E-state index in [1.807, 2.05) is 19.1 Å². The smallest absolute Gasteiger partial charge is 0.260 e. The molecule has 2 heterocycles. The predicted octanol–water partition coefficient (Wildman–Crippen LogP) is 6.60. The highest BCUT2D eigenvalue weighted by atomic mass is 35.5. The molecule has 6 rings (SSSR count). The molecule has 0 spiro atoms. The third kappa shape index (κ3) is 4.07. The summed E-state index contributed by atoms with van der Waals surface area (Å²) in [7, 11) is -8.26. The van der Waals surface area contributed by atoms with Gasteiger partial charge in [-0.05, 0) is 49.4 Å². The van der Waals surface area contributed by atoms with Gasteiger partial charge < -0.3 is 0 Å². The Balaban J connectivity index is 1.71. The summed E-state index contributed by atoms with van der Waals surface area (Å²) in [5, 5.41) is 1.01. The lowest BCUT2D eigenvalue weighted by atomic mass is 9.97. The van der Waals surface area contributed by atoms with Gasteiger partial charge in [-0.25, -0.2) is 20.8 Å². The summed E-state index contributed by atoms with van der Waals surface area (Å²) in [6, 6.07) is 27.7. The summed E-state index contributed by atoms with van der Waals surface area (Å²) < 4.78 is 59.2. The van der Waals surface area contributed by atoms with Crippen LogP contribution >= 0.6 is 11.6 Å². The maximum absolute atomic E-state index is 14.2. The van der Waals surface area contributed by atoms with Crippen LogP contribution in [0.3, 0.4) is 0 Å². The zero-order valence-electron chi connectivity index (χ0n) is 20.8. The van der Waals surface area contributed by atoms with Gasteiger partial charge in [0.05, 0.1) is 21.0 Å². The van der Waals surface area contributed by atoms with E-state index >= 15 is 0 Å². The molecule has 1 unspecified atom stereocenters. The number of halogens is 1. The molecule has 0 amide bonds. The van der Waals surface area contributed by atoms with Gasteiger partial charge >= 0.3 is 0 Å². The Kier molecular flexibility index (Phi) is 6.14. The van der Waals surface area contributed by atoms with E-state index in [1.54, 1.807) is 84.9 Å². The van der Waals surface area contributed by atoms with Crippen LogP contribution in [0.5, 0.6) is 0 Å². The molecule has 0 bridgehead atoms. The van der Waals surface area contributed by atoms with E-state index in [1.165, 1.54) is 26.6 Å². The lowest BCUT2D eigenvalue weighted by molar-refractivity contribution is 0.438. The number of aryl methyl sites for hydroxylation is 1. The van der Waals surface area contributed by atoms with Crippen molar-refractivity contribution < 1.29 is 16.8 Å². The predicted molar refractivity (Wildman–Crippen MR) is 153 cm³/mol. The van der Waals surface area contributed by atoms with Gasteiger partial charge in [0.2, 0.25) is 0 Å². The highest BCUT2D eigenvalue weighted by molar-refractivity contribution is 7.90. The van der Waals surface area contributed by atoms with Crippen molar-refractivity contribution >= 4 is 48.6 Å². The quantitative estimate of drug-likeness (QED) is 0.237. The fraction of sp³-hybridized carbons (Fsp3) is 0.0667. The van der Waals surface area contributed by atoms with E-state index in [9.17, 15) is 16.8 Å². The average molecular weight is 575 g/mol. The number of sulfonamides is 1. The molecule has 0 saturated carbocycles. The summed E-state index contributed by atoms with van der Waals surface area (Å²) >= 11 is 6.68. The average Bonchev–Trinajstić information content (AvgIpc) is 3.29. The van der Waals surface area contributed by atoms with Crippen LogP contribution in [0.1, 0.15) is 28.4 Å². The topological polar surface area (TPSA) is 76.5 Å². The summed E-state index contributed by atoms with van der Waals surface area (Å²) in [5.41, 5.74) is 2.74. The first-order valence-electron chi connectivity index (χ1n) is 12.2. The van der Waals surface area contributed by atoms with E-state index in [0.29, 0.717) is 32.7 Å². The maximum Gasteiger partial charge on any atom is 0.268 e. The maximum atomic E-state index is 14.2. The van der Waals surface area contributed by atoms with Crippen LogP contribution < -0.4 is 0 Å². The van der Waals surface area contributed by atoms with E-state index in [2.05, 4.69) is 0 Å². The van der Waals surface area contributed by atoms with Crippen LogP contribution in [0.15, 0.2) is 119 Å². The molecule has 1 atom stereocenters. The number of benzene rings is 4. The van der Waals surface area contributed by atoms with Crippen molar-refractivity contribution in [3.63, 3.8) is 0 Å². The Hall–Kier alpha value is -3.85. The second kappa shape index (κ2) is 9.41. The Morgan fingerprint density at radius 1 is 0.692 bits per heavy atom. The molecule has 9 heteroatoms. The van der Waals surface area contributed by atoms with Gasteiger partial charge in [0.15, 0.2) is 0 Å². The fourth-order valence-electron chi connectivity index (χ4n) is 5.03. The van der Waals surface area contributed by atoms with Crippen LogP contribution in [0.25, 0.3) is 17.0 Å². The second-order valence-corrected chi connectivity index (χ2v) is 13.3. The number of nitrogens with zero attached hydrogens (tertiary/aromatic N) is 2. The van der Waals surface area contributed by atoms with Crippen LogP contribution in [0, 0.1) is 6.92 Å². The molecule has 4 aromatic carbocycles. The second-order valence-electron chi connectivity index (χ2n) is 9.29. The third-order valence-corrected chi connectivity index (χ3v) is 10.7. The SMILES string of the molecule is Cc1ccc(S(=O)(=O)N2C=Cc3c(n(S(=O)(=O)c4ccccc4)c4ccccc34)C2c2ccccc2Cl)cc1. The molecule has 0 aliphatic carbocycles. The van der Waals surface area contributed by atoms with Crippen molar-refractivity contribution in [2.45, 2.75) is 22.8 Å². The lowest BCUT2D eigenvalue weighted by Crippen LogP contribution is -2.35. The number of hydrogen-bond acceptors (Lipinski definition) is 4. The molecular formula is C30H23ClN2O4S2. The van der Waals surface area contributed by atoms with E-state index < -0.39 is 26.1 Å². The van der Waals surface area contributed by atoms with Gasteiger partial charge in [-0.3, -0.25) is 4.31 Å². The summed E-state index contributed by atoms with van der Waals surface area (Å²) in [6.45, 7) is 1.88. The molecular weight excluding hydrogens is 552 g/mol. The minimum atomic E-state index is -4.14. The van der Waals surface area contributed by atoms with Crippen LogP contribution in [-0.2, 0) is 20.0 Å². The molecule has 1 aliphatic heterocycles. The molecule has 5 aromatic rings. The van der Waals surface area contributed by atoms with Crippen molar-refractivity contribution in [3.05, 3.63) is 137 Å². The first-order chi connectivity index (χ1) is 18.7. The van der Waals surface area contributed by atoms with Gasteiger partial charge in [-0.15, -0.1) is 0 Å². The largest absolute Gasteiger partial charge is 0.268 e. The van der Waals surface area contributed by atoms with Crippen molar-refractivity contribution in [1.82, 2.24) is 8.28 Å². The normalized spacial score (nSPS) is 15.4. The molecule has 6 nitrogen and oxygen atoms in total. The summed E-state index contributed by atoms with van der Waals surface area (Å²) in [6.07, 6.45) is 3.16. The Bertz CT molecular complexity index is 1970. The monoisotopic (exact) mass is 574 g/mol. The van der Waals surface area contributed by atoms with Gasteiger partial charge in [0, 0.05) is 27.7 Å². The molecule has 0 fully saturated rings. The Morgan fingerprint density at radius 3 is 2.03 bits per heavy atom. The van der Waals surface area contributed by atoms with Crippen molar-refractivity contribution in [1.29, 1.82) is 0 Å². The number of hydrogen-bond donors (Lipinski definition) is 0. The van der Waals surface area contributed by atoms with E-state index in [-0.39, 0.29) is 9.79 Å². The highest BCUT2D eigenvalue weighted by Gasteiger charge is 2.41. The zero-order chi connectivity index (χ0) is 27.4. The number of para-hydroxylation sites is 1. The van der Waals surface area contributed by atoms with Crippen molar-refractivity contribution in [2.75, 3.05) is 0 Å². The minimum absolute atomic E-state index is 0.0897. The molecule has 39 heavy (non-hydrogen) atoms. The van der Waals surface area contributed by atoms with Gasteiger partial charge in [0.1, 0.15) is 6.04 Å². The molecule has 1 aliphatic rings. The first kappa shape index (κ1) is 25.4. The molecule has 0 radical (unpaired) electrons. The third-order valence-electron chi connectivity index (χ3n) is 6.89. The standard InChI is InChI=1S/C30H23ClN2O4S2/c1-21-15-17-23(18-16-21)38(34,35)32-20-19-25-24-11-6-8-14-28(24)33(39(36,37)22-9-3-2-4-10-22)30(25)29(32)26-12-5-7-13-27(26)31/h2-20,29H,1H3. The van der Waals surface area contributed by atoms with Crippen LogP contribution in [0.4, 0.5) is 0 Å². The minimum Gasteiger partial charge on any atom is -0.260 e. The van der Waals surface area contributed by atoms with Gasteiger partial charge in [0.25, 0.3) is 20.0 Å². The van der Waals surface area contributed by atoms with Gasteiger partial charge in [-0.1, -0.05) is 83.9 Å². The number of fused-ring (bicyclic) bond motifs is 3. The Morgan fingerprint density at radius 2 is 1.31 bits per heavy atom. The van der Waals surface area contributed by atoms with Crippen LogP contribution in [0.2, 0.25) is 5.02 Å². The highest BCUT2D eigenvalue weighted by Crippen LogP contribution is 2.46. The summed E-state index contributed by atoms with van der Waals surface area (Å²) in [5.74, 6) is 0. The fourth-order valence-corrected chi connectivity index (χ4v) is 8.29. The van der Waals surface area contributed by atoms with Crippen molar-refractivity contribution in [3.8, 4) is 0 Å². The number of aromatic nitrogens is 1. The van der Waals surface area contributed by atoms with Gasteiger partial charge in [-0.2, -0.15) is 0 Å². The van der Waals surface area contributed by atoms with E-state index in [0.717, 1.165) is 5.56 Å². The van der Waals surface area contributed by atoms with Crippen molar-refractivity contribution in [2.24, 2.45) is 0 Å². The lowest BCUT2D eigenvalue weighted by Gasteiger charge is -2.34. The summed E-state index contributed by atoms with van der Waals surface area (Å²) in [4.78, 5) is 0.181. The number of rotatable bonds is 5. The van der Waals surface area contributed by atoms with Crippen LogP contribution in [-0.4, -0.2) is 25.1 Å². The molecule has 196 valence electrons.